The summed E-state index contributed by atoms with van der Waals surface area (Å²) in [5, 5.41) is 9.73. The summed E-state index contributed by atoms with van der Waals surface area (Å²) in [6, 6.07) is 0. The van der Waals surface area contributed by atoms with Gasteiger partial charge in [0.1, 0.15) is 0 Å². The molecule has 1 unspecified atom stereocenters. The molecule has 0 aromatic rings. The van der Waals surface area contributed by atoms with Crippen molar-refractivity contribution >= 4 is 5.97 Å². The van der Waals surface area contributed by atoms with Crippen molar-refractivity contribution in [1.29, 1.82) is 0 Å². The van der Waals surface area contributed by atoms with Crippen LogP contribution < -0.4 is 0 Å². The Balaban J connectivity index is 4.21. The van der Waals surface area contributed by atoms with Gasteiger partial charge in [-0.3, -0.25) is 0 Å². The Morgan fingerprint density at radius 2 is 1.07 bits per heavy atom. The van der Waals surface area contributed by atoms with Crippen molar-refractivity contribution in [3.05, 3.63) is 11.6 Å². The molecule has 0 aliphatic carbocycles. The molecule has 1 N–H and O–H groups in total. The Bertz CT molecular complexity index is 381. The molecule has 1 atom stereocenters. The fourth-order valence-electron chi connectivity index (χ4n) is 3.88. The molecule has 0 saturated heterocycles. The first-order valence-electron chi connectivity index (χ1n) is 13.2. The lowest BCUT2D eigenvalue weighted by atomic mass is 9.99. The maximum absolute atomic E-state index is 12.2. The third kappa shape index (κ3) is 20.4. The van der Waals surface area contributed by atoms with Gasteiger partial charge in [-0.15, -0.1) is 0 Å². The molecule has 0 spiro atoms. The molecule has 0 saturated carbocycles. The summed E-state index contributed by atoms with van der Waals surface area (Å²) in [6.07, 6.45) is 24.8. The molecule has 0 aliphatic heterocycles. The predicted octanol–water partition coefficient (Wildman–Crippen LogP) is 8.64. The van der Waals surface area contributed by atoms with E-state index < -0.39 is 6.29 Å². The van der Waals surface area contributed by atoms with Crippen molar-refractivity contribution in [3.63, 3.8) is 0 Å². The monoisotopic (exact) mass is 424 g/mol. The zero-order valence-electron chi connectivity index (χ0n) is 20.6. The molecular weight excluding hydrogens is 372 g/mol. The van der Waals surface area contributed by atoms with Gasteiger partial charge in [0.2, 0.25) is 6.29 Å². The van der Waals surface area contributed by atoms with Gasteiger partial charge in [0.15, 0.2) is 0 Å². The number of aliphatic hydroxyl groups is 1. The fourth-order valence-corrected chi connectivity index (χ4v) is 3.88. The molecular formula is C27H52O3. The number of esters is 1. The van der Waals surface area contributed by atoms with Gasteiger partial charge in [0.25, 0.3) is 0 Å². The van der Waals surface area contributed by atoms with E-state index in [1.54, 1.807) is 6.08 Å². The molecule has 178 valence electrons. The molecule has 3 heteroatoms. The molecule has 0 rings (SSSR count). The van der Waals surface area contributed by atoms with Gasteiger partial charge in [0.05, 0.1) is 0 Å². The molecule has 3 nitrogen and oxygen atoms in total. The third-order valence-corrected chi connectivity index (χ3v) is 5.81. The number of rotatable bonds is 22. The summed E-state index contributed by atoms with van der Waals surface area (Å²) >= 11 is 0. The SMILES string of the molecule is CCCCCCCCCCC(=CC(=O)OC(O)CCC)CCCCCCCCCC. The highest BCUT2D eigenvalue weighted by Gasteiger charge is 2.09. The smallest absolute Gasteiger partial charge is 0.332 e. The lowest BCUT2D eigenvalue weighted by molar-refractivity contribution is -0.162. The van der Waals surface area contributed by atoms with E-state index in [9.17, 15) is 9.90 Å². The average Bonchev–Trinajstić information content (AvgIpc) is 2.71. The second kappa shape index (κ2) is 22.8. The summed E-state index contributed by atoms with van der Waals surface area (Å²) in [7, 11) is 0. The van der Waals surface area contributed by atoms with Crippen molar-refractivity contribution in [1.82, 2.24) is 0 Å². The molecule has 0 bridgehead atoms. The Labute approximate surface area is 188 Å². The number of ether oxygens (including phenoxy) is 1. The molecule has 0 radical (unpaired) electrons. The van der Waals surface area contributed by atoms with Crippen LogP contribution in [0.5, 0.6) is 0 Å². The first-order valence-corrected chi connectivity index (χ1v) is 13.2. The number of carbonyl (C=O) groups excluding carboxylic acids is 1. The van der Waals surface area contributed by atoms with Crippen molar-refractivity contribution in [3.8, 4) is 0 Å². The van der Waals surface area contributed by atoms with E-state index in [1.165, 1.54) is 95.5 Å². The van der Waals surface area contributed by atoms with Gasteiger partial charge < -0.3 is 9.84 Å². The van der Waals surface area contributed by atoms with Crippen molar-refractivity contribution in [2.24, 2.45) is 0 Å². The Morgan fingerprint density at radius 3 is 1.47 bits per heavy atom. The largest absolute Gasteiger partial charge is 0.433 e. The van der Waals surface area contributed by atoms with Crippen LogP contribution >= 0.6 is 0 Å². The summed E-state index contributed by atoms with van der Waals surface area (Å²) in [5.41, 5.74) is 1.21. The first kappa shape index (κ1) is 29.2. The van der Waals surface area contributed by atoms with Crippen molar-refractivity contribution < 1.29 is 14.6 Å². The molecule has 0 amide bonds. The summed E-state index contributed by atoms with van der Waals surface area (Å²) in [6.45, 7) is 6.49. The summed E-state index contributed by atoms with van der Waals surface area (Å²) < 4.78 is 5.13. The van der Waals surface area contributed by atoms with Crippen LogP contribution in [0.3, 0.4) is 0 Å². The number of carbonyl (C=O) groups is 1. The topological polar surface area (TPSA) is 46.5 Å². The van der Waals surface area contributed by atoms with E-state index in [4.69, 9.17) is 4.74 Å². The standard InChI is InChI=1S/C27H52O3/c1-4-7-9-11-13-15-17-19-22-25(24-27(29)30-26(28)21-6-3)23-20-18-16-14-12-10-8-5-2/h24,26,28H,4-23H2,1-3H3. The maximum Gasteiger partial charge on any atom is 0.332 e. The van der Waals surface area contributed by atoms with Crippen LogP contribution in [0.4, 0.5) is 0 Å². The maximum atomic E-state index is 12.2. The minimum atomic E-state index is -0.966. The highest BCUT2D eigenvalue weighted by Crippen LogP contribution is 2.19. The molecule has 0 aromatic carbocycles. The van der Waals surface area contributed by atoms with Gasteiger partial charge in [-0.1, -0.05) is 123 Å². The van der Waals surface area contributed by atoms with Crippen LogP contribution in [-0.4, -0.2) is 17.4 Å². The van der Waals surface area contributed by atoms with Gasteiger partial charge in [-0.2, -0.15) is 0 Å². The van der Waals surface area contributed by atoms with Crippen molar-refractivity contribution in [2.45, 2.75) is 155 Å². The predicted molar refractivity (Wildman–Crippen MR) is 130 cm³/mol. The zero-order chi connectivity index (χ0) is 22.3. The van der Waals surface area contributed by atoms with E-state index in [-0.39, 0.29) is 5.97 Å². The van der Waals surface area contributed by atoms with Gasteiger partial charge in [-0.05, 0) is 25.7 Å². The Kier molecular flexibility index (Phi) is 22.2. The second-order valence-corrected chi connectivity index (χ2v) is 8.93. The van der Waals surface area contributed by atoms with Crippen LogP contribution in [0, 0.1) is 0 Å². The number of unbranched alkanes of at least 4 members (excludes halogenated alkanes) is 14. The van der Waals surface area contributed by atoms with E-state index >= 15 is 0 Å². The quantitative estimate of drug-likeness (QED) is 0.0818. The summed E-state index contributed by atoms with van der Waals surface area (Å²) in [5.74, 6) is -0.370. The summed E-state index contributed by atoms with van der Waals surface area (Å²) in [4.78, 5) is 12.2. The number of hydrogen-bond acceptors (Lipinski definition) is 3. The number of hydrogen-bond donors (Lipinski definition) is 1. The van der Waals surface area contributed by atoms with Crippen LogP contribution in [0.1, 0.15) is 149 Å². The van der Waals surface area contributed by atoms with Crippen molar-refractivity contribution in [2.75, 3.05) is 0 Å². The lowest BCUT2D eigenvalue weighted by Crippen LogP contribution is -2.16. The number of allylic oxidation sites excluding steroid dienone is 1. The molecule has 0 aromatic heterocycles. The number of aliphatic hydroxyl groups excluding tert-OH is 1. The minimum absolute atomic E-state index is 0.370. The molecule has 0 fully saturated rings. The second-order valence-electron chi connectivity index (χ2n) is 8.93. The van der Waals surface area contributed by atoms with Gasteiger partial charge in [-0.25, -0.2) is 4.79 Å². The highest BCUT2D eigenvalue weighted by molar-refractivity contribution is 5.82. The normalized spacial score (nSPS) is 12.0. The van der Waals surface area contributed by atoms with E-state index in [0.717, 1.165) is 32.1 Å². The van der Waals surface area contributed by atoms with E-state index in [0.29, 0.717) is 6.42 Å². The zero-order valence-corrected chi connectivity index (χ0v) is 20.6. The minimum Gasteiger partial charge on any atom is -0.433 e. The Morgan fingerprint density at radius 1 is 0.667 bits per heavy atom. The first-order chi connectivity index (χ1) is 14.6. The van der Waals surface area contributed by atoms with Crippen LogP contribution in [0.2, 0.25) is 0 Å². The lowest BCUT2D eigenvalue weighted by Gasteiger charge is -2.11. The highest BCUT2D eigenvalue weighted by atomic mass is 16.6. The van der Waals surface area contributed by atoms with Gasteiger partial charge >= 0.3 is 5.97 Å². The van der Waals surface area contributed by atoms with Crippen LogP contribution in [-0.2, 0) is 9.53 Å². The molecule has 0 heterocycles. The van der Waals surface area contributed by atoms with Crippen LogP contribution in [0.25, 0.3) is 0 Å². The van der Waals surface area contributed by atoms with Crippen LogP contribution in [0.15, 0.2) is 11.6 Å². The third-order valence-electron chi connectivity index (χ3n) is 5.81. The Hall–Kier alpha value is -0.830. The van der Waals surface area contributed by atoms with Gasteiger partial charge in [0, 0.05) is 12.5 Å². The van der Waals surface area contributed by atoms with E-state index in [2.05, 4.69) is 13.8 Å². The average molecular weight is 425 g/mol. The molecule has 30 heavy (non-hydrogen) atoms. The fraction of sp³-hybridized carbons (Fsp3) is 0.889. The van der Waals surface area contributed by atoms with E-state index in [1.807, 2.05) is 6.92 Å². The molecule has 0 aliphatic rings.